The Morgan fingerprint density at radius 3 is 2.50 bits per heavy atom. The van der Waals surface area contributed by atoms with Crippen molar-refractivity contribution >= 4 is 23.4 Å². The first kappa shape index (κ1) is 15.4. The summed E-state index contributed by atoms with van der Waals surface area (Å²) in [5.74, 6) is 0.889. The van der Waals surface area contributed by atoms with Crippen molar-refractivity contribution in [2.45, 2.75) is 49.9 Å². The number of nitrogens with one attached hydrogen (secondary N) is 1. The Balaban J connectivity index is 1.87. The van der Waals surface area contributed by atoms with E-state index in [4.69, 9.17) is 0 Å². The van der Waals surface area contributed by atoms with E-state index in [-0.39, 0.29) is 12.3 Å². The topological polar surface area (TPSA) is 49.3 Å². The molecule has 1 aliphatic rings. The molecule has 0 saturated heterocycles. The monoisotopic (exact) mass is 293 g/mol. The Labute approximate surface area is 125 Å². The van der Waals surface area contributed by atoms with Crippen LogP contribution < -0.4 is 5.32 Å². The summed E-state index contributed by atoms with van der Waals surface area (Å²) in [4.78, 5) is 12.0. The molecule has 0 unspecified atom stereocenters. The fourth-order valence-corrected chi connectivity index (χ4v) is 3.27. The maximum Gasteiger partial charge on any atom is 0.227 e. The highest BCUT2D eigenvalue weighted by Crippen LogP contribution is 2.31. The summed E-state index contributed by atoms with van der Waals surface area (Å²) in [5.41, 5.74) is 1.27. The van der Waals surface area contributed by atoms with Crippen LogP contribution in [0.3, 0.4) is 0 Å². The van der Waals surface area contributed by atoms with E-state index in [9.17, 15) is 9.90 Å². The molecule has 2 rings (SSSR count). The van der Waals surface area contributed by atoms with Gasteiger partial charge in [-0.05, 0) is 36.8 Å². The van der Waals surface area contributed by atoms with E-state index in [0.29, 0.717) is 0 Å². The normalized spacial score (nSPS) is 17.7. The molecule has 0 atom stereocenters. The zero-order valence-electron chi connectivity index (χ0n) is 12.0. The predicted octanol–water partition coefficient (Wildman–Crippen LogP) is 3.57. The lowest BCUT2D eigenvalue weighted by molar-refractivity contribution is -0.122. The van der Waals surface area contributed by atoms with Gasteiger partial charge >= 0.3 is 0 Å². The Morgan fingerprint density at radius 1 is 1.25 bits per heavy atom. The minimum Gasteiger partial charge on any atom is -0.389 e. The van der Waals surface area contributed by atoms with Crippen LogP contribution in [-0.4, -0.2) is 22.9 Å². The average Bonchev–Trinajstić information content (AvgIpc) is 2.41. The van der Waals surface area contributed by atoms with Gasteiger partial charge in [0.05, 0.1) is 12.0 Å². The molecule has 0 spiro atoms. The molecule has 1 amide bonds. The van der Waals surface area contributed by atoms with Crippen LogP contribution >= 0.6 is 11.8 Å². The van der Waals surface area contributed by atoms with Crippen LogP contribution in [0.4, 0.5) is 5.69 Å². The second-order valence-corrected chi connectivity index (χ2v) is 6.51. The zero-order chi connectivity index (χ0) is 14.4. The van der Waals surface area contributed by atoms with Gasteiger partial charge in [-0.15, -0.1) is 0 Å². The van der Waals surface area contributed by atoms with Gasteiger partial charge in [0.15, 0.2) is 0 Å². The van der Waals surface area contributed by atoms with Crippen LogP contribution in [0.25, 0.3) is 0 Å². The number of carbonyl (C=O) groups excluding carboxylic acids is 1. The molecule has 0 aliphatic heterocycles. The Kier molecular flexibility index (Phi) is 5.49. The number of thioether (sulfide) groups is 1. The number of hydrogen-bond acceptors (Lipinski definition) is 3. The molecular weight excluding hydrogens is 270 g/mol. The number of aliphatic hydroxyl groups is 1. The Bertz CT molecular complexity index is 438. The highest BCUT2D eigenvalue weighted by atomic mass is 32.2. The molecule has 110 valence electrons. The van der Waals surface area contributed by atoms with E-state index < -0.39 is 5.60 Å². The molecule has 0 bridgehead atoms. The summed E-state index contributed by atoms with van der Waals surface area (Å²) >= 11 is 1.78. The highest BCUT2D eigenvalue weighted by Gasteiger charge is 2.31. The largest absolute Gasteiger partial charge is 0.389 e. The Morgan fingerprint density at radius 2 is 1.90 bits per heavy atom. The lowest BCUT2D eigenvalue weighted by Crippen LogP contribution is -2.35. The average molecular weight is 293 g/mol. The molecule has 0 aromatic heterocycles. The lowest BCUT2D eigenvalue weighted by Gasteiger charge is -2.31. The minimum atomic E-state index is -0.791. The number of rotatable bonds is 5. The third-order valence-electron chi connectivity index (χ3n) is 3.82. The second kappa shape index (κ2) is 7.14. The Hall–Kier alpha value is -1.00. The number of hydrogen-bond donors (Lipinski definition) is 2. The lowest BCUT2D eigenvalue weighted by atomic mass is 9.82. The summed E-state index contributed by atoms with van der Waals surface area (Å²) in [6.07, 6.45) is 6.97. The van der Waals surface area contributed by atoms with Gasteiger partial charge in [-0.25, -0.2) is 0 Å². The van der Waals surface area contributed by atoms with Crippen LogP contribution in [0.5, 0.6) is 0 Å². The predicted molar refractivity (Wildman–Crippen MR) is 84.9 cm³/mol. The first-order valence-electron chi connectivity index (χ1n) is 7.21. The second-order valence-electron chi connectivity index (χ2n) is 5.64. The van der Waals surface area contributed by atoms with Gasteiger partial charge in [-0.1, -0.05) is 31.4 Å². The molecule has 20 heavy (non-hydrogen) atoms. The number of benzene rings is 1. The van der Waals surface area contributed by atoms with E-state index in [1.54, 1.807) is 11.8 Å². The molecular formula is C16H23NO2S. The molecule has 1 aliphatic carbocycles. The SMILES string of the molecule is CSCc1ccc(NC(=O)CC2(O)CCCCC2)cc1. The van der Waals surface area contributed by atoms with Crippen LogP contribution in [-0.2, 0) is 10.5 Å². The molecule has 2 N–H and O–H groups in total. The smallest absolute Gasteiger partial charge is 0.227 e. The maximum absolute atomic E-state index is 12.0. The fourth-order valence-electron chi connectivity index (χ4n) is 2.74. The fraction of sp³-hybridized carbons (Fsp3) is 0.562. The summed E-state index contributed by atoms with van der Waals surface area (Å²) in [5, 5.41) is 13.2. The van der Waals surface area contributed by atoms with Crippen molar-refractivity contribution in [1.82, 2.24) is 0 Å². The third kappa shape index (κ3) is 4.53. The number of carbonyl (C=O) groups is 1. The van der Waals surface area contributed by atoms with E-state index >= 15 is 0 Å². The summed E-state index contributed by atoms with van der Waals surface area (Å²) < 4.78 is 0. The van der Waals surface area contributed by atoms with Gasteiger partial charge < -0.3 is 10.4 Å². The third-order valence-corrected chi connectivity index (χ3v) is 4.44. The van der Waals surface area contributed by atoms with Crippen LogP contribution in [0, 0.1) is 0 Å². The molecule has 1 saturated carbocycles. The van der Waals surface area contributed by atoms with E-state index in [0.717, 1.165) is 37.1 Å². The first-order valence-corrected chi connectivity index (χ1v) is 8.61. The van der Waals surface area contributed by atoms with Crippen LogP contribution in [0.15, 0.2) is 24.3 Å². The number of anilines is 1. The van der Waals surface area contributed by atoms with Gasteiger partial charge in [0.25, 0.3) is 0 Å². The van der Waals surface area contributed by atoms with Gasteiger partial charge in [0.2, 0.25) is 5.91 Å². The standard InChI is InChI=1S/C16H23NO2S/c1-20-12-13-5-7-14(8-6-13)17-15(18)11-16(19)9-3-2-4-10-16/h5-8,19H,2-4,9-12H2,1H3,(H,17,18). The van der Waals surface area contributed by atoms with Crippen molar-refractivity contribution < 1.29 is 9.90 Å². The van der Waals surface area contributed by atoms with E-state index in [2.05, 4.69) is 11.6 Å². The summed E-state index contributed by atoms with van der Waals surface area (Å²) in [6.45, 7) is 0. The van der Waals surface area contributed by atoms with Crippen LogP contribution in [0.2, 0.25) is 0 Å². The molecule has 1 aromatic rings. The first-order chi connectivity index (χ1) is 9.61. The minimum absolute atomic E-state index is 0.0907. The summed E-state index contributed by atoms with van der Waals surface area (Å²) in [7, 11) is 0. The number of amides is 1. The van der Waals surface area contributed by atoms with Gasteiger partial charge in [-0.3, -0.25) is 4.79 Å². The molecule has 1 aromatic carbocycles. The summed E-state index contributed by atoms with van der Waals surface area (Å²) in [6, 6.07) is 7.91. The van der Waals surface area contributed by atoms with E-state index in [1.807, 2.05) is 24.3 Å². The molecule has 3 nitrogen and oxygen atoms in total. The zero-order valence-corrected chi connectivity index (χ0v) is 12.8. The molecule has 0 radical (unpaired) electrons. The molecule has 0 heterocycles. The molecule has 4 heteroatoms. The van der Waals surface area contributed by atoms with Crippen molar-refractivity contribution in [3.63, 3.8) is 0 Å². The van der Waals surface area contributed by atoms with Crippen molar-refractivity contribution in [2.24, 2.45) is 0 Å². The van der Waals surface area contributed by atoms with Crippen molar-refractivity contribution in [2.75, 3.05) is 11.6 Å². The van der Waals surface area contributed by atoms with E-state index in [1.165, 1.54) is 12.0 Å². The van der Waals surface area contributed by atoms with Crippen LogP contribution in [0.1, 0.15) is 44.1 Å². The van der Waals surface area contributed by atoms with Gasteiger partial charge in [0.1, 0.15) is 0 Å². The van der Waals surface area contributed by atoms with Gasteiger partial charge in [0, 0.05) is 11.4 Å². The van der Waals surface area contributed by atoms with Crippen molar-refractivity contribution in [3.05, 3.63) is 29.8 Å². The van der Waals surface area contributed by atoms with Crippen molar-refractivity contribution in [1.29, 1.82) is 0 Å². The van der Waals surface area contributed by atoms with Gasteiger partial charge in [-0.2, -0.15) is 11.8 Å². The maximum atomic E-state index is 12.0. The molecule has 1 fully saturated rings. The highest BCUT2D eigenvalue weighted by molar-refractivity contribution is 7.97. The quantitative estimate of drug-likeness (QED) is 0.872. The van der Waals surface area contributed by atoms with Crippen molar-refractivity contribution in [3.8, 4) is 0 Å².